The van der Waals surface area contributed by atoms with E-state index in [-0.39, 0.29) is 24.0 Å². The van der Waals surface area contributed by atoms with E-state index < -0.39 is 5.25 Å². The molecule has 0 aromatic heterocycles. The lowest BCUT2D eigenvalue weighted by Gasteiger charge is -2.15. The van der Waals surface area contributed by atoms with Crippen LogP contribution in [-0.4, -0.2) is 39.5 Å². The lowest BCUT2D eigenvalue weighted by molar-refractivity contribution is -0.128. The first-order valence-corrected chi connectivity index (χ1v) is 11.2. The quantitative estimate of drug-likeness (QED) is 0.627. The average molecular weight is 438 g/mol. The van der Waals surface area contributed by atoms with Crippen molar-refractivity contribution in [2.75, 3.05) is 11.9 Å². The predicted molar refractivity (Wildman–Crippen MR) is 126 cm³/mol. The number of hydrogen-bond donors (Lipinski definition) is 1. The standard InChI is InChI=1S/C24H27N3O3S/c1-5-10-27-23(30)21(31-24(27)26-20-12-15(2)11-16(3)13-20)14-22(29)25-19-8-6-18(7-9-19)17(4)28/h6-9,11-13,21H,5,10,14H2,1-4H3,(H,25,29). The summed E-state index contributed by atoms with van der Waals surface area (Å²) < 4.78 is 0. The van der Waals surface area contributed by atoms with Gasteiger partial charge in [-0.25, -0.2) is 4.99 Å². The summed E-state index contributed by atoms with van der Waals surface area (Å²) >= 11 is 1.34. The Bertz CT molecular complexity index is 1010. The second-order valence-corrected chi connectivity index (χ2v) is 8.89. The molecule has 1 unspecified atom stereocenters. The maximum Gasteiger partial charge on any atom is 0.242 e. The number of hydrogen-bond acceptors (Lipinski definition) is 5. The molecule has 2 aromatic carbocycles. The molecule has 31 heavy (non-hydrogen) atoms. The number of Topliss-reactive ketones (excluding diaryl/α,β-unsaturated/α-hetero) is 1. The van der Waals surface area contributed by atoms with Gasteiger partial charge in [-0.05, 0) is 74.7 Å². The molecule has 162 valence electrons. The van der Waals surface area contributed by atoms with Crippen LogP contribution in [0.5, 0.6) is 0 Å². The van der Waals surface area contributed by atoms with E-state index >= 15 is 0 Å². The van der Waals surface area contributed by atoms with Crippen molar-refractivity contribution in [1.29, 1.82) is 0 Å². The molecule has 0 spiro atoms. The number of thioether (sulfide) groups is 1. The van der Waals surface area contributed by atoms with E-state index in [0.717, 1.165) is 23.2 Å². The van der Waals surface area contributed by atoms with E-state index in [4.69, 9.17) is 4.99 Å². The van der Waals surface area contributed by atoms with Crippen LogP contribution in [0.4, 0.5) is 11.4 Å². The van der Waals surface area contributed by atoms with Gasteiger partial charge in [-0.2, -0.15) is 0 Å². The highest BCUT2D eigenvalue weighted by atomic mass is 32.2. The Morgan fingerprint density at radius 1 is 1.10 bits per heavy atom. The Labute approximate surface area is 187 Å². The molecule has 6 nitrogen and oxygen atoms in total. The first-order chi connectivity index (χ1) is 14.8. The van der Waals surface area contributed by atoms with Gasteiger partial charge in [0.1, 0.15) is 5.25 Å². The van der Waals surface area contributed by atoms with E-state index in [9.17, 15) is 14.4 Å². The van der Waals surface area contributed by atoms with Gasteiger partial charge in [-0.1, -0.05) is 24.8 Å². The van der Waals surface area contributed by atoms with Crippen molar-refractivity contribution in [2.45, 2.75) is 45.8 Å². The van der Waals surface area contributed by atoms with Crippen molar-refractivity contribution >= 4 is 45.9 Å². The average Bonchev–Trinajstić information content (AvgIpc) is 2.96. The second-order valence-electron chi connectivity index (χ2n) is 7.72. The van der Waals surface area contributed by atoms with Crippen molar-refractivity contribution < 1.29 is 14.4 Å². The van der Waals surface area contributed by atoms with Crippen molar-refractivity contribution in [3.8, 4) is 0 Å². The minimum Gasteiger partial charge on any atom is -0.326 e. The molecule has 1 aliphatic rings. The number of carbonyl (C=O) groups is 3. The largest absolute Gasteiger partial charge is 0.326 e. The molecule has 0 bridgehead atoms. The maximum atomic E-state index is 12.9. The van der Waals surface area contributed by atoms with Gasteiger partial charge in [-0.15, -0.1) is 0 Å². The fourth-order valence-corrected chi connectivity index (χ4v) is 4.63. The van der Waals surface area contributed by atoms with E-state index in [1.807, 2.05) is 32.9 Å². The number of ketones is 1. The molecule has 1 heterocycles. The van der Waals surface area contributed by atoms with Crippen LogP contribution in [0.15, 0.2) is 47.5 Å². The normalized spacial score (nSPS) is 17.3. The number of amidine groups is 1. The summed E-state index contributed by atoms with van der Waals surface area (Å²) in [5.41, 5.74) is 4.22. The molecule has 1 saturated heterocycles. The van der Waals surface area contributed by atoms with Crippen molar-refractivity contribution in [3.63, 3.8) is 0 Å². The molecule has 1 atom stereocenters. The summed E-state index contributed by atoms with van der Waals surface area (Å²) in [4.78, 5) is 43.3. The van der Waals surface area contributed by atoms with Gasteiger partial charge < -0.3 is 5.32 Å². The Hall–Kier alpha value is -2.93. The van der Waals surface area contributed by atoms with E-state index in [0.29, 0.717) is 23.0 Å². The molecule has 3 rings (SSSR count). The molecule has 7 heteroatoms. The molecule has 2 aromatic rings. The topological polar surface area (TPSA) is 78.8 Å². The van der Waals surface area contributed by atoms with Crippen molar-refractivity contribution in [1.82, 2.24) is 4.90 Å². The fraction of sp³-hybridized carbons (Fsp3) is 0.333. The van der Waals surface area contributed by atoms with Crippen LogP contribution in [0.1, 0.15) is 48.2 Å². The third-order valence-electron chi connectivity index (χ3n) is 4.84. The monoisotopic (exact) mass is 437 g/mol. The van der Waals surface area contributed by atoms with Gasteiger partial charge in [0.15, 0.2) is 11.0 Å². The Kier molecular flexibility index (Phi) is 7.28. The number of carbonyl (C=O) groups excluding carboxylic acids is 3. The third kappa shape index (κ3) is 5.82. The van der Waals surface area contributed by atoms with Crippen LogP contribution in [-0.2, 0) is 9.59 Å². The number of amides is 2. The SMILES string of the molecule is CCCN1C(=O)C(CC(=O)Nc2ccc(C(C)=O)cc2)SC1=Nc1cc(C)cc(C)c1. The van der Waals surface area contributed by atoms with Crippen molar-refractivity contribution in [2.24, 2.45) is 4.99 Å². The zero-order chi connectivity index (χ0) is 22.5. The van der Waals surface area contributed by atoms with Crippen molar-refractivity contribution in [3.05, 3.63) is 59.2 Å². The lowest BCUT2D eigenvalue weighted by atomic mass is 10.1. The van der Waals surface area contributed by atoms with E-state index in [1.54, 1.807) is 29.2 Å². The minimum absolute atomic E-state index is 0.0301. The highest BCUT2D eigenvalue weighted by Gasteiger charge is 2.38. The van der Waals surface area contributed by atoms with Crippen LogP contribution in [0.25, 0.3) is 0 Å². The van der Waals surface area contributed by atoms with Gasteiger partial charge in [0.25, 0.3) is 0 Å². The molecule has 1 N–H and O–H groups in total. The van der Waals surface area contributed by atoms with Gasteiger partial charge in [-0.3, -0.25) is 19.3 Å². The maximum absolute atomic E-state index is 12.9. The number of aryl methyl sites for hydroxylation is 2. The molecular weight excluding hydrogens is 410 g/mol. The predicted octanol–water partition coefficient (Wildman–Crippen LogP) is 4.88. The molecular formula is C24H27N3O3S. The van der Waals surface area contributed by atoms with Crippen LogP contribution >= 0.6 is 11.8 Å². The lowest BCUT2D eigenvalue weighted by Crippen LogP contribution is -2.34. The fourth-order valence-electron chi connectivity index (χ4n) is 3.45. The van der Waals surface area contributed by atoms with Gasteiger partial charge in [0, 0.05) is 24.2 Å². The molecule has 0 radical (unpaired) electrons. The molecule has 2 amide bonds. The van der Waals surface area contributed by atoms with Gasteiger partial charge in [0.2, 0.25) is 11.8 Å². The Morgan fingerprint density at radius 3 is 2.32 bits per heavy atom. The van der Waals surface area contributed by atoms with Gasteiger partial charge >= 0.3 is 0 Å². The van der Waals surface area contributed by atoms with Crippen LogP contribution < -0.4 is 5.32 Å². The van der Waals surface area contributed by atoms with Crippen LogP contribution in [0.3, 0.4) is 0 Å². The number of nitrogens with one attached hydrogen (secondary N) is 1. The molecule has 1 fully saturated rings. The smallest absolute Gasteiger partial charge is 0.242 e. The third-order valence-corrected chi connectivity index (χ3v) is 6.02. The minimum atomic E-state index is -0.507. The van der Waals surface area contributed by atoms with Crippen LogP contribution in [0.2, 0.25) is 0 Å². The second kappa shape index (κ2) is 9.92. The zero-order valence-electron chi connectivity index (χ0n) is 18.3. The summed E-state index contributed by atoms with van der Waals surface area (Å²) in [7, 11) is 0. The number of benzene rings is 2. The van der Waals surface area contributed by atoms with Crippen LogP contribution in [0, 0.1) is 13.8 Å². The highest BCUT2D eigenvalue weighted by Crippen LogP contribution is 2.32. The number of aliphatic imine (C=N–C) groups is 1. The van der Waals surface area contributed by atoms with Gasteiger partial charge in [0.05, 0.1) is 5.69 Å². The summed E-state index contributed by atoms with van der Waals surface area (Å²) in [6, 6.07) is 12.8. The summed E-state index contributed by atoms with van der Waals surface area (Å²) in [6.07, 6.45) is 0.865. The first-order valence-electron chi connectivity index (χ1n) is 10.3. The summed E-state index contributed by atoms with van der Waals surface area (Å²) in [6.45, 7) is 8.11. The highest BCUT2D eigenvalue weighted by molar-refractivity contribution is 8.15. The number of anilines is 1. The number of rotatable bonds is 7. The molecule has 1 aliphatic heterocycles. The van der Waals surface area contributed by atoms with E-state index in [2.05, 4.69) is 11.4 Å². The summed E-state index contributed by atoms with van der Waals surface area (Å²) in [5, 5.41) is 2.94. The molecule has 0 saturated carbocycles. The van der Waals surface area contributed by atoms with E-state index in [1.165, 1.54) is 18.7 Å². The zero-order valence-corrected chi connectivity index (χ0v) is 19.1. The number of nitrogens with zero attached hydrogens (tertiary/aromatic N) is 2. The first kappa shape index (κ1) is 22.7. The Balaban J connectivity index is 1.72. The Morgan fingerprint density at radius 2 is 1.74 bits per heavy atom. The molecule has 0 aliphatic carbocycles. The summed E-state index contributed by atoms with van der Waals surface area (Å²) in [5.74, 6) is -0.361.